The maximum Gasteiger partial charge on any atom is 0.181 e. The molecule has 8 rings (SSSR count). The molecule has 0 aliphatic carbocycles. The second kappa shape index (κ2) is 10.6. The zero-order valence-electron chi connectivity index (χ0n) is 20.6. The third-order valence-electron chi connectivity index (χ3n) is 6.44. The third-order valence-corrected chi connectivity index (χ3v) is 6.44. The SMILES string of the molecule is [Ir].[c-]1ccc2oc3c(ccn4c5ccccc5nc34)c2c1-c1ccccn1.[c-]1ccccc1-c1ccccn1. The van der Waals surface area contributed by atoms with Gasteiger partial charge >= 0.3 is 0 Å². The number of benzene rings is 3. The summed E-state index contributed by atoms with van der Waals surface area (Å²) in [5.74, 6) is 0. The molecule has 6 heteroatoms. The van der Waals surface area contributed by atoms with Crippen LogP contribution in [0.5, 0.6) is 0 Å². The maximum atomic E-state index is 6.23. The summed E-state index contributed by atoms with van der Waals surface area (Å²) < 4.78 is 8.30. The topological polar surface area (TPSA) is 56.2 Å². The number of hydrogen-bond acceptors (Lipinski definition) is 4. The van der Waals surface area contributed by atoms with E-state index in [0.717, 1.165) is 61.1 Å². The standard InChI is InChI=1S/C22H12N3O.C11H8N.Ir/c1-2-9-18-17(8-1)24-22-21-15(11-13-25(18)22)20-14(6-5-10-19(20)26-21)16-7-3-4-12-23-16;1-2-6-10(7-3-1)11-8-4-5-9-12-11;/h1-5,7-13H;1-6,8-9H;/q2*-1;. The summed E-state index contributed by atoms with van der Waals surface area (Å²) in [6, 6.07) is 40.1. The predicted octanol–water partition coefficient (Wildman–Crippen LogP) is 7.80. The minimum Gasteiger partial charge on any atom is -0.472 e. The molecule has 1 radical (unpaired) electrons. The molecule has 3 aromatic carbocycles. The van der Waals surface area contributed by atoms with Crippen molar-refractivity contribution in [2.45, 2.75) is 0 Å². The van der Waals surface area contributed by atoms with Gasteiger partial charge in [-0.15, -0.1) is 53.6 Å². The van der Waals surface area contributed by atoms with Gasteiger partial charge in [0.25, 0.3) is 0 Å². The first-order valence-electron chi connectivity index (χ1n) is 12.3. The fraction of sp³-hybridized carbons (Fsp3) is 0. The van der Waals surface area contributed by atoms with Crippen LogP contribution >= 0.6 is 0 Å². The van der Waals surface area contributed by atoms with Gasteiger partial charge in [-0.2, -0.15) is 0 Å². The molecule has 5 aromatic heterocycles. The van der Waals surface area contributed by atoms with Crippen LogP contribution in [0.1, 0.15) is 0 Å². The van der Waals surface area contributed by atoms with Crippen LogP contribution in [0.2, 0.25) is 0 Å². The van der Waals surface area contributed by atoms with Gasteiger partial charge in [-0.3, -0.25) is 4.40 Å². The smallest absolute Gasteiger partial charge is 0.181 e. The van der Waals surface area contributed by atoms with Gasteiger partial charge in [0.1, 0.15) is 0 Å². The number of imidazole rings is 1. The summed E-state index contributed by atoms with van der Waals surface area (Å²) in [5.41, 5.74) is 8.30. The van der Waals surface area contributed by atoms with Gasteiger partial charge in [0.15, 0.2) is 11.2 Å². The zero-order valence-corrected chi connectivity index (χ0v) is 23.0. The second-order valence-electron chi connectivity index (χ2n) is 8.75. The first-order chi connectivity index (χ1) is 18.9. The Bertz CT molecular complexity index is 1980. The van der Waals surface area contributed by atoms with E-state index in [-0.39, 0.29) is 20.1 Å². The summed E-state index contributed by atoms with van der Waals surface area (Å²) >= 11 is 0. The van der Waals surface area contributed by atoms with Crippen molar-refractivity contribution in [3.63, 3.8) is 0 Å². The molecule has 0 unspecified atom stereocenters. The van der Waals surface area contributed by atoms with Crippen LogP contribution in [0.25, 0.3) is 61.1 Å². The van der Waals surface area contributed by atoms with Crippen molar-refractivity contribution in [3.8, 4) is 22.5 Å². The van der Waals surface area contributed by atoms with E-state index in [2.05, 4.69) is 44.8 Å². The Morgan fingerprint density at radius 2 is 1.46 bits per heavy atom. The van der Waals surface area contributed by atoms with Gasteiger partial charge < -0.3 is 14.4 Å². The third kappa shape index (κ3) is 4.50. The van der Waals surface area contributed by atoms with E-state index < -0.39 is 0 Å². The number of aromatic nitrogens is 4. The van der Waals surface area contributed by atoms with Crippen LogP contribution in [0, 0.1) is 12.1 Å². The van der Waals surface area contributed by atoms with Crippen LogP contribution in [0.3, 0.4) is 0 Å². The average molecular weight is 681 g/mol. The summed E-state index contributed by atoms with van der Waals surface area (Å²) in [7, 11) is 0. The molecule has 0 saturated carbocycles. The van der Waals surface area contributed by atoms with Gasteiger partial charge in [-0.25, -0.2) is 4.98 Å². The first kappa shape index (κ1) is 24.7. The number of hydrogen-bond donors (Lipinski definition) is 0. The molecule has 0 aliphatic rings. The average Bonchev–Trinajstić information content (AvgIpc) is 3.58. The number of pyridine rings is 3. The monoisotopic (exact) mass is 681 g/mol. The number of rotatable bonds is 2. The molecule has 0 saturated heterocycles. The van der Waals surface area contributed by atoms with Crippen LogP contribution < -0.4 is 0 Å². The predicted molar refractivity (Wildman–Crippen MR) is 151 cm³/mol. The fourth-order valence-corrected chi connectivity index (χ4v) is 4.73. The van der Waals surface area contributed by atoms with Gasteiger partial charge in [0.2, 0.25) is 0 Å². The number of nitrogens with zero attached hydrogens (tertiary/aromatic N) is 4. The molecular weight excluding hydrogens is 661 g/mol. The van der Waals surface area contributed by atoms with Crippen molar-refractivity contribution in [1.29, 1.82) is 0 Å². The molecule has 0 atom stereocenters. The largest absolute Gasteiger partial charge is 0.472 e. The molecule has 39 heavy (non-hydrogen) atoms. The fourth-order valence-electron chi connectivity index (χ4n) is 4.73. The van der Waals surface area contributed by atoms with Crippen LogP contribution in [0.4, 0.5) is 0 Å². The zero-order chi connectivity index (χ0) is 25.3. The molecule has 0 fully saturated rings. The second-order valence-corrected chi connectivity index (χ2v) is 8.75. The van der Waals surface area contributed by atoms with Crippen LogP contribution in [-0.2, 0) is 20.1 Å². The Morgan fingerprint density at radius 3 is 2.23 bits per heavy atom. The Kier molecular flexibility index (Phi) is 6.72. The Labute approximate surface area is 238 Å². The minimum atomic E-state index is 0. The van der Waals surface area contributed by atoms with Gasteiger partial charge in [0.05, 0.1) is 16.6 Å². The molecule has 5 nitrogen and oxygen atoms in total. The van der Waals surface area contributed by atoms with E-state index >= 15 is 0 Å². The van der Waals surface area contributed by atoms with Gasteiger partial charge in [-0.05, 0) is 47.1 Å². The van der Waals surface area contributed by atoms with E-state index in [4.69, 9.17) is 9.40 Å². The van der Waals surface area contributed by atoms with Crippen LogP contribution in [-0.4, -0.2) is 19.4 Å². The van der Waals surface area contributed by atoms with E-state index in [1.807, 2.05) is 91.0 Å². The summed E-state index contributed by atoms with van der Waals surface area (Å²) in [6.07, 6.45) is 5.64. The number of para-hydroxylation sites is 2. The summed E-state index contributed by atoms with van der Waals surface area (Å²) in [5, 5.41) is 2.05. The molecule has 189 valence electrons. The molecule has 0 N–H and O–H groups in total. The molecular formula is C33H20IrN4O-2. The van der Waals surface area contributed by atoms with Gasteiger partial charge in [0, 0.05) is 38.7 Å². The molecule has 5 heterocycles. The Morgan fingerprint density at radius 1 is 0.692 bits per heavy atom. The minimum absolute atomic E-state index is 0. The molecule has 8 aromatic rings. The van der Waals surface area contributed by atoms with Crippen LogP contribution in [0.15, 0.2) is 126 Å². The van der Waals surface area contributed by atoms with Crippen molar-refractivity contribution >= 4 is 38.6 Å². The Balaban J connectivity index is 0.000000180. The number of furan rings is 1. The summed E-state index contributed by atoms with van der Waals surface area (Å²) in [6.45, 7) is 0. The van der Waals surface area contributed by atoms with E-state index in [9.17, 15) is 0 Å². The van der Waals surface area contributed by atoms with Crippen molar-refractivity contribution in [2.24, 2.45) is 0 Å². The molecule has 0 spiro atoms. The molecule has 0 bridgehead atoms. The number of fused-ring (bicyclic) bond motifs is 7. The van der Waals surface area contributed by atoms with E-state index in [1.54, 1.807) is 12.4 Å². The van der Waals surface area contributed by atoms with Gasteiger partial charge in [-0.1, -0.05) is 47.9 Å². The van der Waals surface area contributed by atoms with E-state index in [0.29, 0.717) is 0 Å². The Hall–Kier alpha value is -4.64. The van der Waals surface area contributed by atoms with Crippen molar-refractivity contribution in [1.82, 2.24) is 19.4 Å². The quantitative estimate of drug-likeness (QED) is 0.175. The molecule has 0 aliphatic heterocycles. The van der Waals surface area contributed by atoms with Crippen molar-refractivity contribution in [3.05, 3.63) is 134 Å². The maximum absolute atomic E-state index is 6.23. The molecule has 0 amide bonds. The van der Waals surface area contributed by atoms with Crippen molar-refractivity contribution < 1.29 is 24.5 Å². The normalized spacial score (nSPS) is 10.9. The first-order valence-corrected chi connectivity index (χ1v) is 12.3. The van der Waals surface area contributed by atoms with E-state index in [1.165, 1.54) is 0 Å². The van der Waals surface area contributed by atoms with Crippen molar-refractivity contribution in [2.75, 3.05) is 0 Å². The summed E-state index contributed by atoms with van der Waals surface area (Å²) in [4.78, 5) is 13.5.